The highest BCUT2D eigenvalue weighted by Gasteiger charge is 2.30. The molecule has 3 heteroatoms. The van der Waals surface area contributed by atoms with E-state index in [1.54, 1.807) is 11.3 Å². The topological polar surface area (TPSA) is 20.3 Å². The minimum atomic E-state index is 0.170. The number of anilines is 1. The van der Waals surface area contributed by atoms with Crippen molar-refractivity contribution in [3.05, 3.63) is 16.8 Å². The second-order valence-electron chi connectivity index (χ2n) is 3.92. The zero-order valence-electron chi connectivity index (χ0n) is 8.56. The summed E-state index contributed by atoms with van der Waals surface area (Å²) in [7, 11) is 0. The molecule has 1 fully saturated rings. The van der Waals surface area contributed by atoms with Crippen LogP contribution in [0, 0.1) is 5.92 Å². The van der Waals surface area contributed by atoms with Crippen molar-refractivity contribution < 1.29 is 4.79 Å². The van der Waals surface area contributed by atoms with Crippen molar-refractivity contribution in [1.82, 2.24) is 0 Å². The molecule has 14 heavy (non-hydrogen) atoms. The molecule has 76 valence electrons. The van der Waals surface area contributed by atoms with Crippen molar-refractivity contribution in [3.63, 3.8) is 0 Å². The van der Waals surface area contributed by atoms with Crippen molar-refractivity contribution in [3.8, 4) is 0 Å². The molecule has 0 aliphatic carbocycles. The maximum Gasteiger partial charge on any atom is 0.139 e. The average molecular weight is 209 g/mol. The lowest BCUT2D eigenvalue weighted by Crippen LogP contribution is -2.46. The van der Waals surface area contributed by atoms with Crippen LogP contribution in [0.5, 0.6) is 0 Å². The molecule has 0 N–H and O–H groups in total. The van der Waals surface area contributed by atoms with Gasteiger partial charge in [0.25, 0.3) is 0 Å². The zero-order chi connectivity index (χ0) is 10.1. The van der Waals surface area contributed by atoms with Gasteiger partial charge in [-0.05, 0) is 18.4 Å². The summed E-state index contributed by atoms with van der Waals surface area (Å²) in [6, 6.07) is 2.47. The Balaban J connectivity index is 2.18. The number of thiophene rings is 1. The molecule has 1 saturated heterocycles. The first-order chi connectivity index (χ1) is 6.70. The van der Waals surface area contributed by atoms with Gasteiger partial charge in [0.1, 0.15) is 5.78 Å². The van der Waals surface area contributed by atoms with Gasteiger partial charge in [-0.15, -0.1) is 0 Å². The first-order valence-corrected chi connectivity index (χ1v) is 5.96. The molecule has 2 rings (SSSR count). The molecule has 1 aromatic rings. The fourth-order valence-corrected chi connectivity index (χ4v) is 2.64. The molecule has 0 bridgehead atoms. The number of ketones is 1. The Labute approximate surface area is 88.5 Å². The normalized spacial score (nSPS) is 28.1. The van der Waals surface area contributed by atoms with Crippen molar-refractivity contribution in [2.24, 2.45) is 5.92 Å². The third-order valence-electron chi connectivity index (χ3n) is 3.16. The maximum absolute atomic E-state index is 11.5. The molecule has 2 nitrogen and oxygen atoms in total. The highest BCUT2D eigenvalue weighted by Crippen LogP contribution is 2.27. The second kappa shape index (κ2) is 3.73. The summed E-state index contributed by atoms with van der Waals surface area (Å²) in [4.78, 5) is 13.8. The molecule has 0 amide bonds. The second-order valence-corrected chi connectivity index (χ2v) is 4.70. The predicted octanol–water partition coefficient (Wildman–Crippen LogP) is 2.55. The number of hydrogen-bond acceptors (Lipinski definition) is 3. The van der Waals surface area contributed by atoms with Gasteiger partial charge in [-0.3, -0.25) is 4.79 Å². The van der Waals surface area contributed by atoms with E-state index in [4.69, 9.17) is 0 Å². The Morgan fingerprint density at radius 3 is 2.93 bits per heavy atom. The van der Waals surface area contributed by atoms with Crippen LogP contribution in [0.4, 0.5) is 5.69 Å². The van der Waals surface area contributed by atoms with E-state index < -0.39 is 0 Å². The molecule has 1 aliphatic heterocycles. The van der Waals surface area contributed by atoms with E-state index in [2.05, 4.69) is 28.7 Å². The first kappa shape index (κ1) is 9.71. The Morgan fingerprint density at radius 2 is 2.29 bits per heavy atom. The Kier molecular flexibility index (Phi) is 2.59. The molecule has 0 radical (unpaired) electrons. The molecule has 2 heterocycles. The van der Waals surface area contributed by atoms with E-state index in [9.17, 15) is 4.79 Å². The average Bonchev–Trinajstić information content (AvgIpc) is 2.67. The highest BCUT2D eigenvalue weighted by molar-refractivity contribution is 7.08. The summed E-state index contributed by atoms with van der Waals surface area (Å²) < 4.78 is 0. The maximum atomic E-state index is 11.5. The summed E-state index contributed by atoms with van der Waals surface area (Å²) in [5.74, 6) is 0.577. The minimum Gasteiger partial charge on any atom is -0.367 e. The van der Waals surface area contributed by atoms with Crippen LogP contribution in [0.2, 0.25) is 0 Å². The van der Waals surface area contributed by atoms with Crippen LogP contribution in [-0.4, -0.2) is 18.4 Å². The molecule has 0 aromatic carbocycles. The van der Waals surface area contributed by atoms with Crippen LogP contribution in [-0.2, 0) is 4.79 Å². The van der Waals surface area contributed by atoms with Crippen LogP contribution >= 0.6 is 11.3 Å². The molecule has 1 aromatic heterocycles. The third kappa shape index (κ3) is 1.57. The van der Waals surface area contributed by atoms with E-state index in [1.165, 1.54) is 5.69 Å². The van der Waals surface area contributed by atoms with Gasteiger partial charge in [-0.2, -0.15) is 11.3 Å². The molecule has 0 spiro atoms. The van der Waals surface area contributed by atoms with Crippen LogP contribution < -0.4 is 4.90 Å². The lowest BCUT2D eigenvalue weighted by atomic mass is 9.90. The zero-order valence-corrected chi connectivity index (χ0v) is 9.38. The fraction of sp³-hybridized carbons (Fsp3) is 0.545. The number of Topliss-reactive ketones (excluding diaryl/α,β-unsaturated/α-hetero) is 1. The molecule has 0 saturated carbocycles. The van der Waals surface area contributed by atoms with Crippen molar-refractivity contribution in [2.75, 3.05) is 11.4 Å². The fourth-order valence-electron chi connectivity index (χ4n) is 1.99. The lowest BCUT2D eigenvalue weighted by molar-refractivity contribution is -0.123. The monoisotopic (exact) mass is 209 g/mol. The van der Waals surface area contributed by atoms with E-state index in [0.29, 0.717) is 18.2 Å². The van der Waals surface area contributed by atoms with E-state index in [-0.39, 0.29) is 5.92 Å². The highest BCUT2D eigenvalue weighted by atomic mass is 32.1. The summed E-state index contributed by atoms with van der Waals surface area (Å²) in [5.41, 5.74) is 1.27. The van der Waals surface area contributed by atoms with Crippen molar-refractivity contribution >= 4 is 22.8 Å². The third-order valence-corrected chi connectivity index (χ3v) is 3.83. The Bertz CT molecular complexity index is 320. The smallest absolute Gasteiger partial charge is 0.139 e. The number of piperidine rings is 1. The van der Waals surface area contributed by atoms with Gasteiger partial charge in [-0.25, -0.2) is 0 Å². The standard InChI is InChI=1S/C11H15NOS/c1-8-9(2)12(5-3-11(8)13)10-4-6-14-7-10/h4,6-9H,3,5H2,1-2H3. The van der Waals surface area contributed by atoms with Crippen LogP contribution in [0.1, 0.15) is 20.3 Å². The molecule has 1 aliphatic rings. The Morgan fingerprint density at radius 1 is 1.50 bits per heavy atom. The van der Waals surface area contributed by atoms with Gasteiger partial charge in [-0.1, -0.05) is 6.92 Å². The van der Waals surface area contributed by atoms with E-state index >= 15 is 0 Å². The summed E-state index contributed by atoms with van der Waals surface area (Å²) in [6.07, 6.45) is 0.696. The first-order valence-electron chi connectivity index (χ1n) is 5.01. The van der Waals surface area contributed by atoms with E-state index in [1.807, 2.05) is 6.92 Å². The van der Waals surface area contributed by atoms with Gasteiger partial charge in [0.05, 0.1) is 0 Å². The molecule has 2 unspecified atom stereocenters. The SMILES string of the molecule is CC1C(=O)CCN(c2ccsc2)C1C. The number of hydrogen-bond donors (Lipinski definition) is 0. The Hall–Kier alpha value is -0.830. The van der Waals surface area contributed by atoms with Gasteiger partial charge in [0.15, 0.2) is 0 Å². The largest absolute Gasteiger partial charge is 0.367 e. The number of carbonyl (C=O) groups is 1. The van der Waals surface area contributed by atoms with Gasteiger partial charge >= 0.3 is 0 Å². The minimum absolute atomic E-state index is 0.170. The summed E-state index contributed by atoms with van der Waals surface area (Å²) >= 11 is 1.71. The van der Waals surface area contributed by atoms with Gasteiger partial charge in [0.2, 0.25) is 0 Å². The summed E-state index contributed by atoms with van der Waals surface area (Å²) in [5, 5.41) is 4.24. The van der Waals surface area contributed by atoms with Crippen LogP contribution in [0.25, 0.3) is 0 Å². The van der Waals surface area contributed by atoms with E-state index in [0.717, 1.165) is 6.54 Å². The molecule has 2 atom stereocenters. The van der Waals surface area contributed by atoms with Gasteiger partial charge in [0, 0.05) is 36.0 Å². The molecular formula is C11H15NOS. The van der Waals surface area contributed by atoms with Crippen molar-refractivity contribution in [2.45, 2.75) is 26.3 Å². The predicted molar refractivity (Wildman–Crippen MR) is 59.9 cm³/mol. The van der Waals surface area contributed by atoms with Crippen molar-refractivity contribution in [1.29, 1.82) is 0 Å². The number of carbonyl (C=O) groups excluding carboxylic acids is 1. The van der Waals surface area contributed by atoms with Crippen LogP contribution in [0.15, 0.2) is 16.8 Å². The quantitative estimate of drug-likeness (QED) is 0.708. The summed E-state index contributed by atoms with van der Waals surface area (Å²) in [6.45, 7) is 5.05. The van der Waals surface area contributed by atoms with Gasteiger partial charge < -0.3 is 4.90 Å². The van der Waals surface area contributed by atoms with Crippen LogP contribution in [0.3, 0.4) is 0 Å². The number of nitrogens with zero attached hydrogens (tertiary/aromatic N) is 1. The lowest BCUT2D eigenvalue weighted by Gasteiger charge is -2.38. The molecular weight excluding hydrogens is 194 g/mol. The number of rotatable bonds is 1.